The second-order valence-corrected chi connectivity index (χ2v) is 13.2. The van der Waals surface area contributed by atoms with Gasteiger partial charge in [-0.15, -0.1) is 0 Å². The Morgan fingerprint density at radius 1 is 0.327 bits per heavy atom. The van der Waals surface area contributed by atoms with Crippen LogP contribution in [0.15, 0.2) is 173 Å². The smallest absolute Gasteiger partial charge is 0.167 e. The predicted molar refractivity (Wildman–Crippen MR) is 211 cm³/mol. The van der Waals surface area contributed by atoms with E-state index in [1.165, 1.54) is 21.5 Å². The van der Waals surface area contributed by atoms with Crippen LogP contribution in [0.1, 0.15) is 0 Å². The topological polar surface area (TPSA) is 65.0 Å². The summed E-state index contributed by atoms with van der Waals surface area (Å²) < 4.78 is 12.9. The Kier molecular flexibility index (Phi) is 6.18. The van der Waals surface area contributed by atoms with Gasteiger partial charge in [-0.1, -0.05) is 127 Å². The number of rotatable bonds is 4. The molecule has 3 heterocycles. The molecule has 0 saturated carbocycles. The molecule has 5 nitrogen and oxygen atoms in total. The summed E-state index contributed by atoms with van der Waals surface area (Å²) in [7, 11) is 0. The van der Waals surface area contributed by atoms with E-state index in [0.717, 1.165) is 71.7 Å². The second kappa shape index (κ2) is 11.2. The SMILES string of the molecule is c1ccc(-c2nc(-c3cccc4c3oc3ccccc34)nc(-c3cccc4oc5ccc(-c6ccc7ccc8ccccc8c7c6)cc5c34)n2)cc1. The molecule has 0 amide bonds. The molecule has 0 aliphatic carbocycles. The van der Waals surface area contributed by atoms with Crippen molar-refractivity contribution in [3.8, 4) is 45.3 Å². The van der Waals surface area contributed by atoms with Crippen LogP contribution < -0.4 is 0 Å². The molecule has 0 saturated heterocycles. The fourth-order valence-electron chi connectivity index (χ4n) is 7.63. The molecular weight excluding hydrogens is 639 g/mol. The summed E-state index contributed by atoms with van der Waals surface area (Å²) in [5.74, 6) is 1.69. The zero-order valence-corrected chi connectivity index (χ0v) is 27.7. The highest BCUT2D eigenvalue weighted by molar-refractivity contribution is 6.14. The number of fused-ring (bicyclic) bond motifs is 9. The van der Waals surface area contributed by atoms with Crippen LogP contribution in [-0.2, 0) is 0 Å². The summed E-state index contributed by atoms with van der Waals surface area (Å²) in [6.45, 7) is 0. The van der Waals surface area contributed by atoms with Crippen LogP contribution in [0, 0.1) is 0 Å². The van der Waals surface area contributed by atoms with E-state index < -0.39 is 0 Å². The first-order valence-corrected chi connectivity index (χ1v) is 17.3. The highest BCUT2D eigenvalue weighted by Gasteiger charge is 2.20. The predicted octanol–water partition coefficient (Wildman–Crippen LogP) is 12.6. The molecule has 0 fully saturated rings. The molecule has 242 valence electrons. The van der Waals surface area contributed by atoms with E-state index in [2.05, 4.69) is 91.0 Å². The number of nitrogens with zero attached hydrogens (tertiary/aromatic N) is 3. The van der Waals surface area contributed by atoms with Crippen molar-refractivity contribution in [2.45, 2.75) is 0 Å². The monoisotopic (exact) mass is 665 g/mol. The maximum atomic E-state index is 6.47. The summed E-state index contributed by atoms with van der Waals surface area (Å²) in [5.41, 5.74) is 7.99. The first-order chi connectivity index (χ1) is 25.7. The lowest BCUT2D eigenvalue weighted by atomic mass is 9.96. The van der Waals surface area contributed by atoms with Crippen molar-refractivity contribution >= 4 is 65.4 Å². The fourth-order valence-corrected chi connectivity index (χ4v) is 7.63. The summed E-state index contributed by atoms with van der Waals surface area (Å²) in [6.07, 6.45) is 0. The van der Waals surface area contributed by atoms with Crippen LogP contribution in [0.5, 0.6) is 0 Å². The first-order valence-electron chi connectivity index (χ1n) is 17.3. The molecule has 52 heavy (non-hydrogen) atoms. The zero-order valence-electron chi connectivity index (χ0n) is 27.7. The third kappa shape index (κ3) is 4.46. The summed E-state index contributed by atoms with van der Waals surface area (Å²) in [4.78, 5) is 15.3. The molecule has 0 radical (unpaired) electrons. The number of hydrogen-bond donors (Lipinski definition) is 0. The number of furan rings is 2. The highest BCUT2D eigenvalue weighted by atomic mass is 16.3. The van der Waals surface area contributed by atoms with Crippen molar-refractivity contribution < 1.29 is 8.83 Å². The quantitative estimate of drug-likeness (QED) is 0.175. The number of aromatic nitrogens is 3. The van der Waals surface area contributed by atoms with E-state index in [4.69, 9.17) is 23.8 Å². The molecule has 0 N–H and O–H groups in total. The molecule has 11 rings (SSSR count). The Morgan fingerprint density at radius 2 is 0.923 bits per heavy atom. The van der Waals surface area contributed by atoms with Gasteiger partial charge in [-0.05, 0) is 69.1 Å². The summed E-state index contributed by atoms with van der Waals surface area (Å²) in [5, 5.41) is 8.98. The summed E-state index contributed by atoms with van der Waals surface area (Å²) in [6, 6.07) is 56.4. The van der Waals surface area contributed by atoms with Gasteiger partial charge >= 0.3 is 0 Å². The van der Waals surface area contributed by atoms with Gasteiger partial charge in [-0.3, -0.25) is 0 Å². The molecule has 0 aliphatic heterocycles. The van der Waals surface area contributed by atoms with Crippen molar-refractivity contribution in [1.29, 1.82) is 0 Å². The van der Waals surface area contributed by atoms with E-state index in [0.29, 0.717) is 17.5 Å². The number of benzene rings is 8. The molecular formula is C47H27N3O2. The van der Waals surface area contributed by atoms with Gasteiger partial charge in [0.15, 0.2) is 17.5 Å². The average molecular weight is 666 g/mol. The number of hydrogen-bond acceptors (Lipinski definition) is 5. The Morgan fingerprint density at radius 3 is 1.81 bits per heavy atom. The molecule has 8 aromatic carbocycles. The van der Waals surface area contributed by atoms with E-state index in [9.17, 15) is 0 Å². The van der Waals surface area contributed by atoms with Crippen LogP contribution in [0.3, 0.4) is 0 Å². The molecule has 0 unspecified atom stereocenters. The van der Waals surface area contributed by atoms with Crippen LogP contribution >= 0.6 is 0 Å². The normalized spacial score (nSPS) is 11.8. The van der Waals surface area contributed by atoms with Crippen molar-refractivity contribution in [1.82, 2.24) is 15.0 Å². The van der Waals surface area contributed by atoms with Gasteiger partial charge in [-0.2, -0.15) is 0 Å². The van der Waals surface area contributed by atoms with Gasteiger partial charge in [0, 0.05) is 32.7 Å². The molecule has 5 heteroatoms. The van der Waals surface area contributed by atoms with E-state index in [1.807, 2.05) is 72.8 Å². The number of para-hydroxylation sites is 2. The average Bonchev–Trinajstić information content (AvgIpc) is 3.79. The summed E-state index contributed by atoms with van der Waals surface area (Å²) >= 11 is 0. The van der Waals surface area contributed by atoms with Crippen molar-refractivity contribution in [3.63, 3.8) is 0 Å². The lowest BCUT2D eigenvalue weighted by molar-refractivity contribution is 0.668. The fraction of sp³-hybridized carbons (Fsp3) is 0. The van der Waals surface area contributed by atoms with Gasteiger partial charge in [-0.25, -0.2) is 15.0 Å². The van der Waals surface area contributed by atoms with Crippen LogP contribution in [-0.4, -0.2) is 15.0 Å². The minimum atomic E-state index is 0.544. The maximum absolute atomic E-state index is 6.47. The molecule has 3 aromatic heterocycles. The molecule has 0 aliphatic rings. The Bertz CT molecular complexity index is 3190. The molecule has 11 aromatic rings. The zero-order chi connectivity index (χ0) is 34.2. The Balaban J connectivity index is 1.13. The van der Waals surface area contributed by atoms with Crippen LogP contribution in [0.25, 0.3) is 111 Å². The van der Waals surface area contributed by atoms with Gasteiger partial charge < -0.3 is 8.83 Å². The van der Waals surface area contributed by atoms with Crippen molar-refractivity contribution in [2.75, 3.05) is 0 Å². The standard InChI is InChI=1S/C47H27N3O2/c1-2-11-30(12-3-1)45-48-46(50-47(49-45)37-17-8-15-35-34-14-6-7-18-40(34)52-44(35)37)36-16-9-19-42-43(36)39-27-32(24-25-41(39)51-42)31-23-22-29-21-20-28-10-4-5-13-33(28)38(29)26-31/h1-27H. The van der Waals surface area contributed by atoms with Crippen LogP contribution in [0.4, 0.5) is 0 Å². The Labute approximate surface area is 297 Å². The minimum Gasteiger partial charge on any atom is -0.456 e. The Hall–Kier alpha value is -7.11. The van der Waals surface area contributed by atoms with E-state index in [1.54, 1.807) is 0 Å². The minimum absolute atomic E-state index is 0.544. The molecule has 0 bridgehead atoms. The lowest BCUT2D eigenvalue weighted by Crippen LogP contribution is -2.00. The lowest BCUT2D eigenvalue weighted by Gasteiger charge is -2.10. The van der Waals surface area contributed by atoms with Crippen molar-refractivity contribution in [3.05, 3.63) is 164 Å². The highest BCUT2D eigenvalue weighted by Crippen LogP contribution is 2.40. The third-order valence-corrected chi connectivity index (χ3v) is 10.1. The maximum Gasteiger partial charge on any atom is 0.167 e. The van der Waals surface area contributed by atoms with Gasteiger partial charge in [0.2, 0.25) is 0 Å². The second-order valence-electron chi connectivity index (χ2n) is 13.2. The molecule has 0 atom stereocenters. The van der Waals surface area contributed by atoms with Gasteiger partial charge in [0.1, 0.15) is 22.3 Å². The van der Waals surface area contributed by atoms with Crippen LogP contribution in [0.2, 0.25) is 0 Å². The van der Waals surface area contributed by atoms with Gasteiger partial charge in [0.05, 0.1) is 5.56 Å². The van der Waals surface area contributed by atoms with E-state index >= 15 is 0 Å². The molecule has 0 spiro atoms. The largest absolute Gasteiger partial charge is 0.456 e. The van der Waals surface area contributed by atoms with Gasteiger partial charge in [0.25, 0.3) is 0 Å². The third-order valence-electron chi connectivity index (χ3n) is 10.1. The van der Waals surface area contributed by atoms with Crippen molar-refractivity contribution in [2.24, 2.45) is 0 Å². The van der Waals surface area contributed by atoms with E-state index in [-0.39, 0.29) is 0 Å². The first kappa shape index (κ1) is 28.7.